The summed E-state index contributed by atoms with van der Waals surface area (Å²) < 4.78 is 1.77. The van der Waals surface area contributed by atoms with Crippen LogP contribution in [0, 0.1) is 6.92 Å². The van der Waals surface area contributed by atoms with Gasteiger partial charge in [0.1, 0.15) is 5.82 Å². The summed E-state index contributed by atoms with van der Waals surface area (Å²) in [5.74, 6) is 0.604. The summed E-state index contributed by atoms with van der Waals surface area (Å²) >= 11 is 0. The van der Waals surface area contributed by atoms with Crippen LogP contribution in [0.15, 0.2) is 42.1 Å². The van der Waals surface area contributed by atoms with Gasteiger partial charge < -0.3 is 4.98 Å². The van der Waals surface area contributed by atoms with E-state index in [-0.39, 0.29) is 5.56 Å². The molecule has 4 rings (SSSR count). The van der Waals surface area contributed by atoms with Gasteiger partial charge >= 0.3 is 0 Å². The summed E-state index contributed by atoms with van der Waals surface area (Å²) in [5.41, 5.74) is 4.66. The molecule has 0 aliphatic carbocycles. The Kier molecular flexibility index (Phi) is 4.22. The zero-order valence-electron chi connectivity index (χ0n) is 14.6. The highest BCUT2D eigenvalue weighted by molar-refractivity contribution is 5.54. The first-order valence-corrected chi connectivity index (χ1v) is 8.56. The number of nitrogens with one attached hydrogen (secondary N) is 1. The van der Waals surface area contributed by atoms with Gasteiger partial charge in [0, 0.05) is 61.5 Å². The van der Waals surface area contributed by atoms with Gasteiger partial charge in [0.25, 0.3) is 5.56 Å². The molecule has 0 spiro atoms. The highest BCUT2D eigenvalue weighted by atomic mass is 16.1. The lowest BCUT2D eigenvalue weighted by Gasteiger charge is -2.27. The molecule has 4 heterocycles. The normalized spacial score (nSPS) is 14.2. The maximum absolute atomic E-state index is 12.6. The SMILES string of the molecule is C=Cn1ncc(CN2CCc3nc(-c4ccncc4)[nH]c(=O)c3C2)c1C. The van der Waals surface area contributed by atoms with Crippen molar-refractivity contribution < 1.29 is 0 Å². The molecule has 3 aromatic heterocycles. The number of H-pyrrole nitrogens is 1. The van der Waals surface area contributed by atoms with Crippen LogP contribution in [-0.4, -0.2) is 36.2 Å². The van der Waals surface area contributed by atoms with Gasteiger partial charge in [0.2, 0.25) is 0 Å². The third-order valence-corrected chi connectivity index (χ3v) is 4.81. The monoisotopic (exact) mass is 348 g/mol. The molecular formula is C19H20N6O. The van der Waals surface area contributed by atoms with E-state index in [4.69, 9.17) is 0 Å². The third kappa shape index (κ3) is 2.97. The lowest BCUT2D eigenvalue weighted by molar-refractivity contribution is 0.241. The smallest absolute Gasteiger partial charge is 0.255 e. The van der Waals surface area contributed by atoms with Crippen molar-refractivity contribution in [2.24, 2.45) is 0 Å². The standard InChI is InChI=1S/C19H20N6O/c1-3-25-13(2)15(10-21-25)11-24-9-6-17-16(12-24)19(26)23-18(22-17)14-4-7-20-8-5-14/h3-5,7-8,10H,1,6,9,11-12H2,2H3,(H,22,23,26). The Bertz CT molecular complexity index is 1000. The molecule has 0 fully saturated rings. The topological polar surface area (TPSA) is 79.7 Å². The number of pyridine rings is 1. The number of rotatable bonds is 4. The number of nitrogens with zero attached hydrogens (tertiary/aromatic N) is 5. The fourth-order valence-electron chi connectivity index (χ4n) is 3.30. The summed E-state index contributed by atoms with van der Waals surface area (Å²) in [4.78, 5) is 26.5. The number of aromatic amines is 1. The fourth-order valence-corrected chi connectivity index (χ4v) is 3.30. The minimum atomic E-state index is -0.0648. The Hall–Kier alpha value is -3.06. The first kappa shape index (κ1) is 16.4. The lowest BCUT2D eigenvalue weighted by Crippen LogP contribution is -2.35. The molecule has 0 radical (unpaired) electrons. The molecule has 0 saturated heterocycles. The number of hydrogen-bond acceptors (Lipinski definition) is 5. The zero-order valence-corrected chi connectivity index (χ0v) is 14.6. The van der Waals surface area contributed by atoms with Crippen molar-refractivity contribution in [1.82, 2.24) is 29.6 Å². The molecule has 0 atom stereocenters. The molecule has 3 aromatic rings. The van der Waals surface area contributed by atoms with E-state index < -0.39 is 0 Å². The van der Waals surface area contributed by atoms with E-state index in [1.807, 2.05) is 25.3 Å². The van der Waals surface area contributed by atoms with Gasteiger partial charge in [-0.3, -0.25) is 14.7 Å². The second kappa shape index (κ2) is 6.68. The highest BCUT2D eigenvalue weighted by Crippen LogP contribution is 2.20. The van der Waals surface area contributed by atoms with Crippen LogP contribution in [0.5, 0.6) is 0 Å². The van der Waals surface area contributed by atoms with E-state index in [1.165, 1.54) is 0 Å². The summed E-state index contributed by atoms with van der Waals surface area (Å²) in [7, 11) is 0. The first-order chi connectivity index (χ1) is 12.7. The molecule has 7 nitrogen and oxygen atoms in total. The second-order valence-electron chi connectivity index (χ2n) is 6.42. The average molecular weight is 348 g/mol. The van der Waals surface area contributed by atoms with E-state index in [1.54, 1.807) is 23.3 Å². The summed E-state index contributed by atoms with van der Waals surface area (Å²) in [6.07, 6.45) is 7.71. The number of fused-ring (bicyclic) bond motifs is 1. The van der Waals surface area contributed by atoms with Crippen LogP contribution >= 0.6 is 0 Å². The Morgan fingerprint density at radius 2 is 2.15 bits per heavy atom. The van der Waals surface area contributed by atoms with E-state index in [0.717, 1.165) is 47.6 Å². The summed E-state index contributed by atoms with van der Waals surface area (Å²) in [5, 5.41) is 4.29. The average Bonchev–Trinajstić information content (AvgIpc) is 3.02. The third-order valence-electron chi connectivity index (χ3n) is 4.81. The van der Waals surface area contributed by atoms with Gasteiger partial charge in [-0.05, 0) is 19.1 Å². The first-order valence-electron chi connectivity index (χ1n) is 8.56. The zero-order chi connectivity index (χ0) is 18.1. The predicted molar refractivity (Wildman–Crippen MR) is 99.3 cm³/mol. The molecule has 0 saturated carbocycles. The highest BCUT2D eigenvalue weighted by Gasteiger charge is 2.22. The van der Waals surface area contributed by atoms with Crippen molar-refractivity contribution in [2.45, 2.75) is 26.4 Å². The summed E-state index contributed by atoms with van der Waals surface area (Å²) in [6, 6.07) is 3.69. The van der Waals surface area contributed by atoms with Crippen LogP contribution in [0.25, 0.3) is 17.6 Å². The molecule has 0 aromatic carbocycles. The molecule has 7 heteroatoms. The minimum Gasteiger partial charge on any atom is -0.306 e. The molecular weight excluding hydrogens is 328 g/mol. The lowest BCUT2D eigenvalue weighted by atomic mass is 10.1. The Morgan fingerprint density at radius 1 is 1.35 bits per heavy atom. The van der Waals surface area contributed by atoms with Gasteiger partial charge in [-0.25, -0.2) is 9.67 Å². The van der Waals surface area contributed by atoms with Crippen LogP contribution in [0.4, 0.5) is 0 Å². The van der Waals surface area contributed by atoms with E-state index >= 15 is 0 Å². The molecule has 0 bridgehead atoms. The van der Waals surface area contributed by atoms with E-state index in [2.05, 4.69) is 31.5 Å². The van der Waals surface area contributed by atoms with Crippen molar-refractivity contribution in [1.29, 1.82) is 0 Å². The fraction of sp³-hybridized carbons (Fsp3) is 0.263. The Labute approximate surface area is 151 Å². The molecule has 1 aliphatic rings. The van der Waals surface area contributed by atoms with Crippen LogP contribution in [0.3, 0.4) is 0 Å². The van der Waals surface area contributed by atoms with Crippen molar-refractivity contribution in [3.63, 3.8) is 0 Å². The van der Waals surface area contributed by atoms with Crippen molar-refractivity contribution in [3.8, 4) is 11.4 Å². The molecule has 0 amide bonds. The van der Waals surface area contributed by atoms with E-state index in [9.17, 15) is 4.79 Å². The van der Waals surface area contributed by atoms with Crippen LogP contribution in [0.1, 0.15) is 22.5 Å². The van der Waals surface area contributed by atoms with Crippen molar-refractivity contribution in [3.05, 3.63) is 70.2 Å². The van der Waals surface area contributed by atoms with Gasteiger partial charge in [0.15, 0.2) is 0 Å². The number of aromatic nitrogens is 5. The second-order valence-corrected chi connectivity index (χ2v) is 6.42. The molecule has 1 aliphatic heterocycles. The van der Waals surface area contributed by atoms with E-state index in [0.29, 0.717) is 12.4 Å². The van der Waals surface area contributed by atoms with Gasteiger partial charge in [-0.1, -0.05) is 6.58 Å². The minimum absolute atomic E-state index is 0.0648. The molecule has 132 valence electrons. The Balaban J connectivity index is 1.58. The molecule has 0 unspecified atom stereocenters. The van der Waals surface area contributed by atoms with Gasteiger partial charge in [-0.15, -0.1) is 0 Å². The molecule has 26 heavy (non-hydrogen) atoms. The van der Waals surface area contributed by atoms with Crippen molar-refractivity contribution >= 4 is 6.20 Å². The van der Waals surface area contributed by atoms with Crippen LogP contribution < -0.4 is 5.56 Å². The maximum Gasteiger partial charge on any atom is 0.255 e. The quantitative estimate of drug-likeness (QED) is 0.780. The summed E-state index contributed by atoms with van der Waals surface area (Å²) in [6.45, 7) is 7.98. The van der Waals surface area contributed by atoms with Gasteiger partial charge in [0.05, 0.1) is 17.5 Å². The largest absolute Gasteiger partial charge is 0.306 e. The Morgan fingerprint density at radius 3 is 2.88 bits per heavy atom. The predicted octanol–water partition coefficient (Wildman–Crippen LogP) is 2.00. The molecule has 1 N–H and O–H groups in total. The maximum atomic E-state index is 12.6. The van der Waals surface area contributed by atoms with Gasteiger partial charge in [-0.2, -0.15) is 5.10 Å². The number of hydrogen-bond donors (Lipinski definition) is 1. The van der Waals surface area contributed by atoms with Crippen LogP contribution in [0.2, 0.25) is 0 Å². The van der Waals surface area contributed by atoms with Crippen molar-refractivity contribution in [2.75, 3.05) is 6.54 Å². The van der Waals surface area contributed by atoms with Crippen LogP contribution in [-0.2, 0) is 19.5 Å².